The fourth-order valence-corrected chi connectivity index (χ4v) is 7.71. The van der Waals surface area contributed by atoms with Gasteiger partial charge in [-0.1, -0.05) is 39.0 Å². The van der Waals surface area contributed by atoms with Crippen LogP contribution in [0.3, 0.4) is 0 Å². The molecule has 37 heavy (non-hydrogen) atoms. The van der Waals surface area contributed by atoms with E-state index in [1.54, 1.807) is 34.8 Å². The van der Waals surface area contributed by atoms with Crippen LogP contribution in [0, 0.1) is 12.3 Å². The number of sulfone groups is 1. The second-order valence-electron chi connectivity index (χ2n) is 11.5. The van der Waals surface area contributed by atoms with Crippen molar-refractivity contribution in [2.75, 3.05) is 24.2 Å². The van der Waals surface area contributed by atoms with Crippen molar-refractivity contribution in [2.45, 2.75) is 81.3 Å². The van der Waals surface area contributed by atoms with Gasteiger partial charge < -0.3 is 10.2 Å². The van der Waals surface area contributed by atoms with E-state index in [9.17, 15) is 8.42 Å². The van der Waals surface area contributed by atoms with E-state index in [0.29, 0.717) is 23.8 Å². The molecule has 4 rings (SSSR count). The number of nitrogens with one attached hydrogen (secondary N) is 1. The number of nitrogens with zero attached hydrogens (tertiary/aromatic N) is 5. The molecule has 1 aliphatic rings. The van der Waals surface area contributed by atoms with Crippen molar-refractivity contribution >= 4 is 38.9 Å². The lowest BCUT2D eigenvalue weighted by Crippen LogP contribution is -2.56. The maximum atomic E-state index is 13.7. The Balaban J connectivity index is 1.79. The summed E-state index contributed by atoms with van der Waals surface area (Å²) in [5.74, 6) is 1.74. The van der Waals surface area contributed by atoms with Gasteiger partial charge in [-0.2, -0.15) is 9.61 Å². The lowest BCUT2D eigenvalue weighted by atomic mass is 9.81. The summed E-state index contributed by atoms with van der Waals surface area (Å²) in [5, 5.41) is 8.89. The predicted octanol–water partition coefficient (Wildman–Crippen LogP) is 5.00. The summed E-state index contributed by atoms with van der Waals surface area (Å²) in [6.45, 7) is 16.5. The lowest BCUT2D eigenvalue weighted by molar-refractivity contribution is 0.265. The van der Waals surface area contributed by atoms with Gasteiger partial charge in [0.15, 0.2) is 10.5 Å². The third-order valence-electron chi connectivity index (χ3n) is 6.36. The summed E-state index contributed by atoms with van der Waals surface area (Å²) in [6, 6.07) is 10.4. The maximum Gasteiger partial charge on any atom is 0.213 e. The van der Waals surface area contributed by atoms with Crippen LogP contribution in [0.25, 0.3) is 5.65 Å². The van der Waals surface area contributed by atoms with Gasteiger partial charge in [0.25, 0.3) is 0 Å². The Morgan fingerprint density at radius 2 is 1.81 bits per heavy atom. The molecule has 0 saturated heterocycles. The van der Waals surface area contributed by atoms with Gasteiger partial charge in [0.2, 0.25) is 9.84 Å². The number of anilines is 1. The molecule has 2 aromatic heterocycles. The molecule has 0 aliphatic carbocycles. The molecule has 0 bridgehead atoms. The summed E-state index contributed by atoms with van der Waals surface area (Å²) < 4.78 is 29.1. The number of fused-ring (bicyclic) bond motifs is 1. The Hall–Kier alpha value is -2.59. The Kier molecular flexibility index (Phi) is 7.38. The first-order valence-electron chi connectivity index (χ1n) is 12.6. The molecule has 0 amide bonds. The molecule has 3 aromatic rings. The number of hydrogen-bond acceptors (Lipinski definition) is 8. The fourth-order valence-electron chi connectivity index (χ4n) is 5.30. The normalized spacial score (nSPS) is 17.2. The average molecular weight is 543 g/mol. The summed E-state index contributed by atoms with van der Waals surface area (Å²) >= 11 is 1.31. The molecule has 3 heterocycles. The van der Waals surface area contributed by atoms with E-state index in [4.69, 9.17) is 10.1 Å². The smallest absolute Gasteiger partial charge is 0.213 e. The van der Waals surface area contributed by atoms with E-state index < -0.39 is 9.84 Å². The summed E-state index contributed by atoms with van der Waals surface area (Å²) in [7, 11) is -3.82. The first-order valence-corrected chi connectivity index (χ1v) is 15.3. The van der Waals surface area contributed by atoms with Crippen molar-refractivity contribution in [3.05, 3.63) is 42.1 Å². The number of thioether (sulfide) groups is 1. The average Bonchev–Trinajstić information content (AvgIpc) is 3.18. The van der Waals surface area contributed by atoms with E-state index in [-0.39, 0.29) is 26.8 Å². The van der Waals surface area contributed by atoms with Crippen molar-refractivity contribution in [1.29, 1.82) is 0 Å². The minimum atomic E-state index is -3.82. The first-order chi connectivity index (χ1) is 17.2. The van der Waals surface area contributed by atoms with Gasteiger partial charge in [-0.15, -0.1) is 11.8 Å². The molecule has 0 fully saturated rings. The Morgan fingerprint density at radius 3 is 2.43 bits per heavy atom. The van der Waals surface area contributed by atoms with Gasteiger partial charge in [0.05, 0.1) is 17.5 Å². The van der Waals surface area contributed by atoms with Gasteiger partial charge in [0, 0.05) is 23.8 Å². The SMILES string of the molecule is CSc1nn2c(N3CCN=C(NC(C)(C)CC(C)(C)C)[C@@H]3C)cc(C)nc2c1S(=O)(=O)c1ccccc1. The van der Waals surface area contributed by atoms with Crippen LogP contribution in [0.4, 0.5) is 5.82 Å². The van der Waals surface area contributed by atoms with Crippen molar-refractivity contribution in [1.82, 2.24) is 19.9 Å². The quantitative estimate of drug-likeness (QED) is 0.438. The number of rotatable bonds is 6. The molecule has 10 heteroatoms. The third-order valence-corrected chi connectivity index (χ3v) is 8.97. The van der Waals surface area contributed by atoms with Crippen LogP contribution in [0.2, 0.25) is 0 Å². The zero-order valence-electron chi connectivity index (χ0n) is 23.0. The number of amidine groups is 1. The van der Waals surface area contributed by atoms with Crippen LogP contribution in [0.5, 0.6) is 0 Å². The van der Waals surface area contributed by atoms with Crippen molar-refractivity contribution in [3.63, 3.8) is 0 Å². The summed E-state index contributed by atoms with van der Waals surface area (Å²) in [4.78, 5) is 12.1. The molecule has 1 aromatic carbocycles. The number of aromatic nitrogens is 3. The molecular weight excluding hydrogens is 504 g/mol. The molecule has 0 saturated carbocycles. The molecule has 1 N–H and O–H groups in total. The molecule has 0 spiro atoms. The van der Waals surface area contributed by atoms with Crippen LogP contribution in [0.15, 0.2) is 56.2 Å². The number of aryl methyl sites for hydroxylation is 1. The second-order valence-corrected chi connectivity index (χ2v) is 14.2. The minimum Gasteiger partial charge on any atom is -0.367 e. The van der Waals surface area contributed by atoms with Crippen molar-refractivity contribution < 1.29 is 8.42 Å². The van der Waals surface area contributed by atoms with E-state index in [2.05, 4.69) is 56.7 Å². The van der Waals surface area contributed by atoms with E-state index in [1.807, 2.05) is 19.2 Å². The topological polar surface area (TPSA) is 92.0 Å². The Labute approximate surface area is 224 Å². The predicted molar refractivity (Wildman–Crippen MR) is 152 cm³/mol. The zero-order valence-corrected chi connectivity index (χ0v) is 24.7. The van der Waals surface area contributed by atoms with E-state index in [0.717, 1.165) is 23.8 Å². The fraction of sp³-hybridized carbons (Fsp3) is 0.519. The largest absolute Gasteiger partial charge is 0.367 e. The zero-order chi connectivity index (χ0) is 27.2. The standard InChI is InChI=1S/C27H38N6O2S2/c1-18-16-21(32-15-14-28-23(19(32)2)30-27(6,7)17-26(3,4)5)33-24(29-18)22(25(31-33)36-8)37(34,35)20-12-10-9-11-13-20/h9-13,16,19H,14-15,17H2,1-8H3,(H,28,30)/t19-/m0/s1. The molecule has 0 unspecified atom stereocenters. The van der Waals surface area contributed by atoms with Crippen molar-refractivity contribution in [2.24, 2.45) is 10.4 Å². The highest BCUT2D eigenvalue weighted by Gasteiger charge is 2.34. The van der Waals surface area contributed by atoms with Crippen LogP contribution < -0.4 is 10.2 Å². The highest BCUT2D eigenvalue weighted by Crippen LogP contribution is 2.35. The van der Waals surface area contributed by atoms with Gasteiger partial charge in [-0.05, 0) is 57.9 Å². The summed E-state index contributed by atoms with van der Waals surface area (Å²) in [5.41, 5.74) is 1.12. The molecule has 200 valence electrons. The molecule has 1 aliphatic heterocycles. The molecule has 1 atom stereocenters. The highest BCUT2D eigenvalue weighted by atomic mass is 32.2. The lowest BCUT2D eigenvalue weighted by Gasteiger charge is -2.40. The minimum absolute atomic E-state index is 0.0471. The Bertz CT molecular complexity index is 1420. The van der Waals surface area contributed by atoms with Gasteiger partial charge in [-0.3, -0.25) is 4.99 Å². The summed E-state index contributed by atoms with van der Waals surface area (Å²) in [6.07, 6.45) is 2.83. The van der Waals surface area contributed by atoms with Crippen LogP contribution in [0.1, 0.15) is 53.7 Å². The monoisotopic (exact) mass is 542 g/mol. The molecular formula is C27H38N6O2S2. The number of hydrogen-bond donors (Lipinski definition) is 1. The van der Waals surface area contributed by atoms with Gasteiger partial charge >= 0.3 is 0 Å². The first kappa shape index (κ1) is 27.4. The number of benzene rings is 1. The Morgan fingerprint density at radius 1 is 1.14 bits per heavy atom. The maximum absolute atomic E-state index is 13.7. The highest BCUT2D eigenvalue weighted by molar-refractivity contribution is 7.99. The van der Waals surface area contributed by atoms with Gasteiger partial charge in [-0.25, -0.2) is 13.4 Å². The van der Waals surface area contributed by atoms with Crippen molar-refractivity contribution in [3.8, 4) is 0 Å². The molecule has 8 nitrogen and oxygen atoms in total. The van der Waals surface area contributed by atoms with E-state index in [1.165, 1.54) is 11.8 Å². The van der Waals surface area contributed by atoms with Crippen LogP contribution in [-0.4, -0.2) is 59.8 Å². The number of aliphatic imine (C=N–C) groups is 1. The van der Waals surface area contributed by atoms with E-state index >= 15 is 0 Å². The van der Waals surface area contributed by atoms with Gasteiger partial charge in [0.1, 0.15) is 16.7 Å². The van der Waals surface area contributed by atoms with Crippen LogP contribution in [-0.2, 0) is 9.84 Å². The molecule has 0 radical (unpaired) electrons. The second kappa shape index (κ2) is 9.94. The third kappa shape index (κ3) is 5.65. The van der Waals surface area contributed by atoms with Crippen LogP contribution >= 0.6 is 11.8 Å².